The molecule has 2 aromatic rings. The van der Waals surface area contributed by atoms with Gasteiger partial charge >= 0.3 is 5.97 Å². The highest BCUT2D eigenvalue weighted by Crippen LogP contribution is 2.39. The molecule has 0 amide bonds. The first kappa shape index (κ1) is 15.4. The van der Waals surface area contributed by atoms with E-state index in [0.29, 0.717) is 31.1 Å². The Labute approximate surface area is 136 Å². The molecule has 1 heterocycles. The van der Waals surface area contributed by atoms with Crippen LogP contribution in [0.5, 0.6) is 11.5 Å². The standard InChI is InChI=1S/C19H20O4/c1-3-21-19(20)17-13(2)11-16(15-9-10-22-18(15)17)23-12-14-7-5-4-6-8-14/h4-8,11H,3,9-10,12H2,1-2H3. The van der Waals surface area contributed by atoms with Crippen LogP contribution >= 0.6 is 0 Å². The summed E-state index contributed by atoms with van der Waals surface area (Å²) >= 11 is 0. The quantitative estimate of drug-likeness (QED) is 0.790. The highest BCUT2D eigenvalue weighted by Gasteiger charge is 2.27. The van der Waals surface area contributed by atoms with Gasteiger partial charge in [0.25, 0.3) is 0 Å². The van der Waals surface area contributed by atoms with Crippen molar-refractivity contribution in [2.45, 2.75) is 26.9 Å². The van der Waals surface area contributed by atoms with Crippen molar-refractivity contribution in [2.24, 2.45) is 0 Å². The lowest BCUT2D eigenvalue weighted by atomic mass is 10.0. The van der Waals surface area contributed by atoms with Crippen LogP contribution in [0.2, 0.25) is 0 Å². The van der Waals surface area contributed by atoms with Gasteiger partial charge in [-0.3, -0.25) is 0 Å². The molecule has 0 fully saturated rings. The molecule has 0 atom stereocenters. The number of hydrogen-bond acceptors (Lipinski definition) is 4. The predicted octanol–water partition coefficient (Wildman–Crippen LogP) is 3.69. The molecule has 120 valence electrons. The summed E-state index contributed by atoms with van der Waals surface area (Å²) in [5.74, 6) is 1.07. The first-order valence-corrected chi connectivity index (χ1v) is 7.83. The van der Waals surface area contributed by atoms with Gasteiger partial charge in [-0.1, -0.05) is 30.3 Å². The summed E-state index contributed by atoms with van der Waals surface area (Å²) in [7, 11) is 0. The minimum atomic E-state index is -0.335. The van der Waals surface area contributed by atoms with Gasteiger partial charge in [0.2, 0.25) is 0 Å². The molecule has 0 unspecified atom stereocenters. The second-order valence-corrected chi connectivity index (χ2v) is 5.47. The largest absolute Gasteiger partial charge is 0.492 e. The molecule has 0 saturated heterocycles. The summed E-state index contributed by atoms with van der Waals surface area (Å²) in [5.41, 5.74) is 3.39. The Morgan fingerprint density at radius 1 is 1.26 bits per heavy atom. The number of carbonyl (C=O) groups is 1. The Bertz CT molecular complexity index is 707. The van der Waals surface area contributed by atoms with Gasteiger partial charge in [-0.05, 0) is 31.0 Å². The molecule has 1 aliphatic rings. The number of rotatable bonds is 5. The summed E-state index contributed by atoms with van der Waals surface area (Å²) in [6.45, 7) is 5.08. The van der Waals surface area contributed by atoms with E-state index in [1.54, 1.807) is 6.92 Å². The molecular formula is C19H20O4. The van der Waals surface area contributed by atoms with Gasteiger partial charge in [0.1, 0.15) is 23.7 Å². The molecule has 4 nitrogen and oxygen atoms in total. The van der Waals surface area contributed by atoms with E-state index in [1.165, 1.54) is 0 Å². The molecule has 3 rings (SSSR count). The highest BCUT2D eigenvalue weighted by atomic mass is 16.5. The average Bonchev–Trinajstić information content (AvgIpc) is 3.03. The average molecular weight is 312 g/mol. The molecule has 4 heteroatoms. The van der Waals surface area contributed by atoms with Gasteiger partial charge in [0, 0.05) is 12.0 Å². The molecule has 0 saturated carbocycles. The molecule has 0 bridgehead atoms. The number of fused-ring (bicyclic) bond motifs is 1. The van der Waals surface area contributed by atoms with Gasteiger partial charge in [-0.2, -0.15) is 0 Å². The van der Waals surface area contributed by atoms with E-state index < -0.39 is 0 Å². The summed E-state index contributed by atoms with van der Waals surface area (Å²) in [6, 6.07) is 11.9. The number of aryl methyl sites for hydroxylation is 1. The maximum absolute atomic E-state index is 12.2. The Kier molecular flexibility index (Phi) is 4.51. The van der Waals surface area contributed by atoms with E-state index in [9.17, 15) is 4.79 Å². The molecule has 2 aromatic carbocycles. The number of esters is 1. The molecule has 0 aliphatic carbocycles. The van der Waals surface area contributed by atoms with Crippen molar-refractivity contribution in [2.75, 3.05) is 13.2 Å². The molecule has 0 spiro atoms. The number of benzene rings is 2. The monoisotopic (exact) mass is 312 g/mol. The highest BCUT2D eigenvalue weighted by molar-refractivity contribution is 5.95. The van der Waals surface area contributed by atoms with Crippen LogP contribution in [0.3, 0.4) is 0 Å². The maximum atomic E-state index is 12.2. The zero-order valence-corrected chi connectivity index (χ0v) is 13.4. The van der Waals surface area contributed by atoms with Crippen molar-refractivity contribution in [3.05, 3.63) is 58.7 Å². The fourth-order valence-electron chi connectivity index (χ4n) is 2.77. The van der Waals surface area contributed by atoms with Crippen LogP contribution in [0.1, 0.15) is 34.0 Å². The molecule has 0 radical (unpaired) electrons. The topological polar surface area (TPSA) is 44.8 Å². The van der Waals surface area contributed by atoms with E-state index in [1.807, 2.05) is 43.3 Å². The fraction of sp³-hybridized carbons (Fsp3) is 0.316. The first-order chi connectivity index (χ1) is 11.2. The number of ether oxygens (including phenoxy) is 3. The minimum Gasteiger partial charge on any atom is -0.492 e. The number of hydrogen-bond donors (Lipinski definition) is 0. The molecule has 1 aliphatic heterocycles. The summed E-state index contributed by atoms with van der Waals surface area (Å²) in [4.78, 5) is 12.2. The second kappa shape index (κ2) is 6.73. The van der Waals surface area contributed by atoms with Crippen molar-refractivity contribution in [3.8, 4) is 11.5 Å². The fourth-order valence-corrected chi connectivity index (χ4v) is 2.77. The van der Waals surface area contributed by atoms with Crippen LogP contribution in [0, 0.1) is 6.92 Å². The minimum absolute atomic E-state index is 0.335. The predicted molar refractivity (Wildman–Crippen MR) is 87.1 cm³/mol. The van der Waals surface area contributed by atoms with Crippen LogP contribution in [0.15, 0.2) is 36.4 Å². The number of carbonyl (C=O) groups excluding carboxylic acids is 1. The van der Waals surface area contributed by atoms with Gasteiger partial charge < -0.3 is 14.2 Å². The van der Waals surface area contributed by atoms with Crippen LogP contribution in [0.4, 0.5) is 0 Å². The van der Waals surface area contributed by atoms with Crippen molar-refractivity contribution in [3.63, 3.8) is 0 Å². The van der Waals surface area contributed by atoms with Crippen molar-refractivity contribution in [1.29, 1.82) is 0 Å². The van der Waals surface area contributed by atoms with Gasteiger partial charge in [0.15, 0.2) is 0 Å². The van der Waals surface area contributed by atoms with E-state index in [4.69, 9.17) is 14.2 Å². The lowest BCUT2D eigenvalue weighted by Crippen LogP contribution is -2.09. The summed E-state index contributed by atoms with van der Waals surface area (Å²) < 4.78 is 16.8. The molecule has 0 aromatic heterocycles. The molecule has 0 N–H and O–H groups in total. The Morgan fingerprint density at radius 3 is 2.78 bits per heavy atom. The van der Waals surface area contributed by atoms with Gasteiger partial charge in [-0.25, -0.2) is 4.79 Å². The van der Waals surface area contributed by atoms with E-state index in [0.717, 1.165) is 28.9 Å². The zero-order chi connectivity index (χ0) is 16.2. The lowest BCUT2D eigenvalue weighted by molar-refractivity contribution is 0.0521. The third kappa shape index (κ3) is 3.16. The molecular weight excluding hydrogens is 292 g/mol. The Hall–Kier alpha value is -2.49. The summed E-state index contributed by atoms with van der Waals surface area (Å²) in [5, 5.41) is 0. The van der Waals surface area contributed by atoms with Crippen molar-refractivity contribution < 1.29 is 19.0 Å². The van der Waals surface area contributed by atoms with E-state index in [-0.39, 0.29) is 5.97 Å². The third-order valence-electron chi connectivity index (χ3n) is 3.86. The van der Waals surface area contributed by atoms with E-state index in [2.05, 4.69) is 0 Å². The smallest absolute Gasteiger partial charge is 0.342 e. The van der Waals surface area contributed by atoms with Gasteiger partial charge in [-0.15, -0.1) is 0 Å². The first-order valence-electron chi connectivity index (χ1n) is 7.83. The van der Waals surface area contributed by atoms with Crippen LogP contribution < -0.4 is 9.47 Å². The maximum Gasteiger partial charge on any atom is 0.342 e. The third-order valence-corrected chi connectivity index (χ3v) is 3.86. The Morgan fingerprint density at radius 2 is 2.04 bits per heavy atom. The zero-order valence-electron chi connectivity index (χ0n) is 13.4. The molecule has 23 heavy (non-hydrogen) atoms. The summed E-state index contributed by atoms with van der Waals surface area (Å²) in [6.07, 6.45) is 0.742. The van der Waals surface area contributed by atoms with Crippen LogP contribution in [0.25, 0.3) is 0 Å². The van der Waals surface area contributed by atoms with Crippen molar-refractivity contribution >= 4 is 5.97 Å². The normalized spacial score (nSPS) is 12.4. The van der Waals surface area contributed by atoms with Gasteiger partial charge in [0.05, 0.1) is 13.2 Å². The second-order valence-electron chi connectivity index (χ2n) is 5.47. The van der Waals surface area contributed by atoms with E-state index >= 15 is 0 Å². The Balaban J connectivity index is 1.89. The SMILES string of the molecule is CCOC(=O)c1c(C)cc(OCc2ccccc2)c2c1OCC2. The van der Waals surface area contributed by atoms with Crippen LogP contribution in [-0.2, 0) is 17.8 Å². The van der Waals surface area contributed by atoms with Crippen molar-refractivity contribution in [1.82, 2.24) is 0 Å². The lowest BCUT2D eigenvalue weighted by Gasteiger charge is -2.15. The van der Waals surface area contributed by atoms with Crippen LogP contribution in [-0.4, -0.2) is 19.2 Å².